The van der Waals surface area contributed by atoms with Gasteiger partial charge in [-0.2, -0.15) is 0 Å². The SMILES string of the molecule is CCC=CCC(=O)N(c1ccc(OC)c(F)c1)S(=O)(=O)CCC. The van der Waals surface area contributed by atoms with Crippen molar-refractivity contribution in [3.05, 3.63) is 36.2 Å². The molecule has 1 aromatic rings. The van der Waals surface area contributed by atoms with Crippen molar-refractivity contribution in [2.45, 2.75) is 33.1 Å². The number of ether oxygens (including phenoxy) is 1. The molecule has 1 rings (SSSR count). The number of hydrogen-bond acceptors (Lipinski definition) is 4. The van der Waals surface area contributed by atoms with E-state index in [1.807, 2.05) is 6.92 Å². The van der Waals surface area contributed by atoms with Crippen LogP contribution < -0.4 is 9.04 Å². The van der Waals surface area contributed by atoms with Gasteiger partial charge in [-0.15, -0.1) is 0 Å². The smallest absolute Gasteiger partial charge is 0.244 e. The van der Waals surface area contributed by atoms with Gasteiger partial charge in [0.2, 0.25) is 15.9 Å². The molecule has 0 atom stereocenters. The standard InChI is InChI=1S/C16H22FNO4S/c1-4-6-7-8-16(19)18(23(20,21)11-5-2)13-9-10-15(22-3)14(17)12-13/h6-7,9-10,12H,4-5,8,11H2,1-3H3. The molecule has 0 aliphatic carbocycles. The number of hydrogen-bond donors (Lipinski definition) is 0. The van der Waals surface area contributed by atoms with Crippen molar-refractivity contribution in [3.63, 3.8) is 0 Å². The number of anilines is 1. The summed E-state index contributed by atoms with van der Waals surface area (Å²) in [5, 5.41) is 0. The zero-order chi connectivity index (χ0) is 17.5. The maximum Gasteiger partial charge on any atom is 0.244 e. The van der Waals surface area contributed by atoms with Gasteiger partial charge >= 0.3 is 0 Å². The topological polar surface area (TPSA) is 63.7 Å². The van der Waals surface area contributed by atoms with Crippen LogP contribution in [0.1, 0.15) is 33.1 Å². The van der Waals surface area contributed by atoms with Crippen molar-refractivity contribution in [3.8, 4) is 5.75 Å². The Morgan fingerprint density at radius 1 is 1.30 bits per heavy atom. The van der Waals surface area contributed by atoms with Crippen molar-refractivity contribution in [1.29, 1.82) is 0 Å². The first-order valence-corrected chi connectivity index (χ1v) is 9.02. The third kappa shape index (κ3) is 5.06. The molecule has 0 bridgehead atoms. The van der Waals surface area contributed by atoms with Gasteiger partial charge in [0.15, 0.2) is 11.6 Å². The van der Waals surface area contributed by atoms with Crippen LogP contribution in [-0.2, 0) is 14.8 Å². The summed E-state index contributed by atoms with van der Waals surface area (Å²) in [6.07, 6.45) is 4.42. The van der Waals surface area contributed by atoms with Crippen molar-refractivity contribution >= 4 is 21.6 Å². The van der Waals surface area contributed by atoms with Crippen LogP contribution in [0.2, 0.25) is 0 Å². The fourth-order valence-corrected chi connectivity index (χ4v) is 3.54. The summed E-state index contributed by atoms with van der Waals surface area (Å²) in [4.78, 5) is 12.3. The number of carbonyl (C=O) groups is 1. The highest BCUT2D eigenvalue weighted by Crippen LogP contribution is 2.26. The van der Waals surface area contributed by atoms with Crippen LogP contribution in [0.25, 0.3) is 0 Å². The minimum Gasteiger partial charge on any atom is -0.494 e. The number of amides is 1. The molecular weight excluding hydrogens is 321 g/mol. The summed E-state index contributed by atoms with van der Waals surface area (Å²) in [5.74, 6) is -1.55. The molecule has 1 amide bonds. The van der Waals surface area contributed by atoms with E-state index < -0.39 is 21.7 Å². The van der Waals surface area contributed by atoms with Crippen LogP contribution in [0.3, 0.4) is 0 Å². The van der Waals surface area contributed by atoms with Gasteiger partial charge in [-0.1, -0.05) is 26.0 Å². The van der Waals surface area contributed by atoms with Gasteiger partial charge in [-0.05, 0) is 25.0 Å². The van der Waals surface area contributed by atoms with E-state index in [4.69, 9.17) is 4.74 Å². The fraction of sp³-hybridized carbons (Fsp3) is 0.438. The Labute approximate surface area is 136 Å². The maximum absolute atomic E-state index is 13.9. The lowest BCUT2D eigenvalue weighted by atomic mass is 10.2. The van der Waals surface area contributed by atoms with E-state index in [0.717, 1.165) is 12.5 Å². The van der Waals surface area contributed by atoms with Crippen molar-refractivity contribution < 1.29 is 22.3 Å². The highest BCUT2D eigenvalue weighted by atomic mass is 32.2. The Morgan fingerprint density at radius 3 is 2.52 bits per heavy atom. The number of allylic oxidation sites excluding steroid dienone is 1. The molecule has 128 valence electrons. The molecule has 0 aliphatic rings. The van der Waals surface area contributed by atoms with E-state index in [9.17, 15) is 17.6 Å². The molecule has 23 heavy (non-hydrogen) atoms. The Balaban J connectivity index is 3.26. The largest absolute Gasteiger partial charge is 0.494 e. The summed E-state index contributed by atoms with van der Waals surface area (Å²) in [6.45, 7) is 3.61. The van der Waals surface area contributed by atoms with E-state index in [-0.39, 0.29) is 23.6 Å². The number of carbonyl (C=O) groups excluding carboxylic acids is 1. The molecule has 0 spiro atoms. The first-order chi connectivity index (χ1) is 10.9. The molecular formula is C16H22FNO4S. The second kappa shape index (κ2) is 8.67. The molecule has 0 fully saturated rings. The first-order valence-electron chi connectivity index (χ1n) is 7.41. The van der Waals surface area contributed by atoms with Crippen LogP contribution in [-0.4, -0.2) is 27.2 Å². The molecule has 1 aromatic carbocycles. The normalized spacial score (nSPS) is 11.7. The maximum atomic E-state index is 13.9. The van der Waals surface area contributed by atoms with Gasteiger partial charge < -0.3 is 4.74 Å². The van der Waals surface area contributed by atoms with Gasteiger partial charge in [0.05, 0.1) is 18.6 Å². The number of sulfonamides is 1. The lowest BCUT2D eigenvalue weighted by molar-refractivity contribution is -0.116. The van der Waals surface area contributed by atoms with Gasteiger partial charge in [-0.25, -0.2) is 17.1 Å². The third-order valence-electron chi connectivity index (χ3n) is 3.03. The molecule has 0 saturated heterocycles. The van der Waals surface area contributed by atoms with Gasteiger partial charge in [0.25, 0.3) is 0 Å². The van der Waals surface area contributed by atoms with Crippen molar-refractivity contribution in [2.24, 2.45) is 0 Å². The molecule has 0 aliphatic heterocycles. The third-order valence-corrected chi connectivity index (χ3v) is 4.93. The minimum atomic E-state index is -3.86. The van der Waals surface area contributed by atoms with E-state index in [1.165, 1.54) is 19.2 Å². The Morgan fingerprint density at radius 2 is 2.00 bits per heavy atom. The average molecular weight is 343 g/mol. The monoisotopic (exact) mass is 343 g/mol. The minimum absolute atomic E-state index is 0.0140. The zero-order valence-electron chi connectivity index (χ0n) is 13.6. The number of methoxy groups -OCH3 is 1. The molecule has 0 saturated carbocycles. The average Bonchev–Trinajstić information content (AvgIpc) is 2.47. The fourth-order valence-electron chi connectivity index (χ4n) is 2.02. The number of nitrogens with zero attached hydrogens (tertiary/aromatic N) is 1. The number of halogens is 1. The molecule has 0 radical (unpaired) electrons. The van der Waals surface area contributed by atoms with E-state index in [1.54, 1.807) is 19.1 Å². The Kier molecular flexibility index (Phi) is 7.22. The van der Waals surface area contributed by atoms with Crippen molar-refractivity contribution in [1.82, 2.24) is 0 Å². The van der Waals surface area contributed by atoms with Crippen LogP contribution >= 0.6 is 0 Å². The second-order valence-corrected chi connectivity index (χ2v) is 6.81. The van der Waals surface area contributed by atoms with Crippen LogP contribution in [0.4, 0.5) is 10.1 Å². The predicted molar refractivity (Wildman–Crippen MR) is 88.6 cm³/mol. The molecule has 0 heterocycles. The van der Waals surface area contributed by atoms with Gasteiger partial charge in [0.1, 0.15) is 0 Å². The summed E-state index contributed by atoms with van der Waals surface area (Å²) in [7, 11) is -2.55. The highest BCUT2D eigenvalue weighted by molar-refractivity contribution is 7.93. The van der Waals surface area contributed by atoms with Crippen molar-refractivity contribution in [2.75, 3.05) is 17.2 Å². The zero-order valence-corrected chi connectivity index (χ0v) is 14.4. The summed E-state index contributed by atoms with van der Waals surface area (Å²) < 4.78 is 44.2. The molecule has 7 heteroatoms. The number of rotatable bonds is 8. The summed E-state index contributed by atoms with van der Waals surface area (Å²) in [6, 6.07) is 3.65. The van der Waals surface area contributed by atoms with E-state index >= 15 is 0 Å². The van der Waals surface area contributed by atoms with Gasteiger partial charge in [-0.3, -0.25) is 4.79 Å². The second-order valence-electron chi connectivity index (χ2n) is 4.88. The highest BCUT2D eigenvalue weighted by Gasteiger charge is 2.28. The van der Waals surface area contributed by atoms with E-state index in [0.29, 0.717) is 10.7 Å². The summed E-state index contributed by atoms with van der Waals surface area (Å²) >= 11 is 0. The summed E-state index contributed by atoms with van der Waals surface area (Å²) in [5.41, 5.74) is -0.0216. The Bertz CT molecular complexity index is 671. The Hall–Kier alpha value is -1.89. The van der Waals surface area contributed by atoms with Crippen LogP contribution in [0, 0.1) is 5.82 Å². The lowest BCUT2D eigenvalue weighted by Crippen LogP contribution is -2.38. The molecule has 0 N–H and O–H groups in total. The van der Waals surface area contributed by atoms with E-state index in [2.05, 4.69) is 0 Å². The first kappa shape index (κ1) is 19.2. The van der Waals surface area contributed by atoms with Crippen LogP contribution in [0.5, 0.6) is 5.75 Å². The molecule has 0 unspecified atom stereocenters. The molecule has 5 nitrogen and oxygen atoms in total. The van der Waals surface area contributed by atoms with Gasteiger partial charge in [0, 0.05) is 12.5 Å². The number of benzene rings is 1. The lowest BCUT2D eigenvalue weighted by Gasteiger charge is -2.22. The quantitative estimate of drug-likeness (QED) is 0.680. The molecule has 0 aromatic heterocycles. The predicted octanol–water partition coefficient (Wildman–Crippen LogP) is 3.26. The van der Waals surface area contributed by atoms with Crippen LogP contribution in [0.15, 0.2) is 30.4 Å².